The van der Waals surface area contributed by atoms with E-state index in [0.29, 0.717) is 40.6 Å². The quantitative estimate of drug-likeness (QED) is 0.848. The smallest absolute Gasteiger partial charge is 0.321 e. The highest BCUT2D eigenvalue weighted by atomic mass is 35.5. The van der Waals surface area contributed by atoms with E-state index >= 15 is 0 Å². The molecule has 7 nitrogen and oxygen atoms in total. The molecule has 1 fully saturated rings. The lowest BCUT2D eigenvalue weighted by molar-refractivity contribution is 0.101. The van der Waals surface area contributed by atoms with Crippen LogP contribution >= 0.6 is 23.2 Å². The lowest BCUT2D eigenvalue weighted by Crippen LogP contribution is -2.46. The average Bonchev–Trinajstić information content (AvgIpc) is 2.65. The Hall–Kier alpha value is -2.25. The molecule has 3 rings (SSSR count). The normalized spacial score (nSPS) is 16.9. The van der Waals surface area contributed by atoms with Crippen LogP contribution in [-0.2, 0) is 0 Å². The number of hydrogen-bond donors (Lipinski definition) is 1. The van der Waals surface area contributed by atoms with Crippen molar-refractivity contribution in [1.82, 2.24) is 14.9 Å². The Bertz CT molecular complexity index is 790. The van der Waals surface area contributed by atoms with E-state index in [1.54, 1.807) is 23.1 Å². The van der Waals surface area contributed by atoms with Crippen molar-refractivity contribution in [1.29, 1.82) is 0 Å². The van der Waals surface area contributed by atoms with Gasteiger partial charge in [0.1, 0.15) is 6.10 Å². The molecule has 2 aromatic rings. The van der Waals surface area contributed by atoms with Crippen LogP contribution in [0.3, 0.4) is 0 Å². The van der Waals surface area contributed by atoms with Crippen LogP contribution in [0.15, 0.2) is 30.6 Å². The molecule has 0 saturated carbocycles. The molecule has 1 saturated heterocycles. The molecular weight excluding hydrogens is 379 g/mol. The molecule has 138 valence electrons. The molecule has 0 radical (unpaired) electrons. The summed E-state index contributed by atoms with van der Waals surface area (Å²) in [5, 5.41) is 3.65. The van der Waals surface area contributed by atoms with Crippen molar-refractivity contribution >= 4 is 34.9 Å². The van der Waals surface area contributed by atoms with Crippen LogP contribution in [0, 0.1) is 0 Å². The maximum Gasteiger partial charge on any atom is 0.321 e. The second-order valence-corrected chi connectivity index (χ2v) is 6.60. The zero-order valence-electron chi connectivity index (χ0n) is 14.1. The van der Waals surface area contributed by atoms with Crippen LogP contribution in [-0.4, -0.2) is 47.2 Å². The van der Waals surface area contributed by atoms with Gasteiger partial charge in [0.25, 0.3) is 0 Å². The predicted molar refractivity (Wildman–Crippen MR) is 99.3 cm³/mol. The molecule has 1 aliphatic rings. The van der Waals surface area contributed by atoms with Crippen molar-refractivity contribution in [2.75, 3.05) is 25.5 Å². The van der Waals surface area contributed by atoms with E-state index in [9.17, 15) is 4.79 Å². The standard InChI is InChI=1S/C17H18Cl2N4O3/c1-25-15-8-20-9-16(22-15)26-12-3-2-6-23(10-12)17(24)21-11-4-5-13(18)14(19)7-11/h4-5,7-9,12H,2-3,6,10H2,1H3,(H,21,24). The Kier molecular flexibility index (Phi) is 6.00. The van der Waals surface area contributed by atoms with E-state index < -0.39 is 0 Å². The summed E-state index contributed by atoms with van der Waals surface area (Å²) in [6.45, 7) is 1.10. The molecular formula is C17H18Cl2N4O3. The molecule has 1 aliphatic heterocycles. The highest BCUT2D eigenvalue weighted by Crippen LogP contribution is 2.25. The molecule has 0 bridgehead atoms. The van der Waals surface area contributed by atoms with Crippen LogP contribution in [0.25, 0.3) is 0 Å². The summed E-state index contributed by atoms with van der Waals surface area (Å²) in [6.07, 6.45) is 4.53. The van der Waals surface area contributed by atoms with E-state index in [0.717, 1.165) is 12.8 Å². The molecule has 1 aromatic carbocycles. The Balaban J connectivity index is 1.60. The molecule has 9 heteroatoms. The Morgan fingerprint density at radius 1 is 1.27 bits per heavy atom. The van der Waals surface area contributed by atoms with Gasteiger partial charge in [0.15, 0.2) is 0 Å². The largest absolute Gasteiger partial charge is 0.480 e. The number of nitrogens with zero attached hydrogens (tertiary/aromatic N) is 3. The third-order valence-corrected chi connectivity index (χ3v) is 4.66. The number of anilines is 1. The van der Waals surface area contributed by atoms with Gasteiger partial charge in [0, 0.05) is 12.2 Å². The number of carbonyl (C=O) groups excluding carboxylic acids is 1. The van der Waals surface area contributed by atoms with Crippen molar-refractivity contribution in [3.63, 3.8) is 0 Å². The fraction of sp³-hybridized carbons (Fsp3) is 0.353. The number of nitrogens with one attached hydrogen (secondary N) is 1. The fourth-order valence-electron chi connectivity index (χ4n) is 2.65. The zero-order valence-corrected chi connectivity index (χ0v) is 15.6. The second-order valence-electron chi connectivity index (χ2n) is 5.79. The average molecular weight is 397 g/mol. The van der Waals surface area contributed by atoms with Crippen LogP contribution < -0.4 is 14.8 Å². The molecule has 0 aliphatic carbocycles. The van der Waals surface area contributed by atoms with Gasteiger partial charge in [-0.25, -0.2) is 4.79 Å². The molecule has 1 aromatic heterocycles. The number of benzene rings is 1. The predicted octanol–water partition coefficient (Wildman–Crippen LogP) is 3.87. The summed E-state index contributed by atoms with van der Waals surface area (Å²) < 4.78 is 10.9. The summed E-state index contributed by atoms with van der Waals surface area (Å²) in [4.78, 5) is 22.4. The number of piperidine rings is 1. The van der Waals surface area contributed by atoms with E-state index in [2.05, 4.69) is 15.3 Å². The van der Waals surface area contributed by atoms with Gasteiger partial charge in [0.05, 0.1) is 36.1 Å². The Labute approximate surface area is 161 Å². The molecule has 2 heterocycles. The first kappa shape index (κ1) is 18.5. The van der Waals surface area contributed by atoms with Gasteiger partial charge in [-0.15, -0.1) is 0 Å². The van der Waals surface area contributed by atoms with Crippen molar-refractivity contribution in [2.24, 2.45) is 0 Å². The van der Waals surface area contributed by atoms with Gasteiger partial charge in [-0.2, -0.15) is 4.98 Å². The summed E-state index contributed by atoms with van der Waals surface area (Å²) >= 11 is 11.9. The Morgan fingerprint density at radius 2 is 2.08 bits per heavy atom. The minimum Gasteiger partial charge on any atom is -0.480 e. The first-order chi connectivity index (χ1) is 12.5. The van der Waals surface area contributed by atoms with Gasteiger partial charge in [0.2, 0.25) is 11.8 Å². The minimum atomic E-state index is -0.214. The van der Waals surface area contributed by atoms with Crippen molar-refractivity contribution in [3.05, 3.63) is 40.6 Å². The summed E-state index contributed by atoms with van der Waals surface area (Å²) in [5.41, 5.74) is 0.589. The topological polar surface area (TPSA) is 76.6 Å². The summed E-state index contributed by atoms with van der Waals surface area (Å²) in [5.74, 6) is 0.758. The number of halogens is 2. The molecule has 2 amide bonds. The highest BCUT2D eigenvalue weighted by Gasteiger charge is 2.25. The van der Waals surface area contributed by atoms with E-state index in [4.69, 9.17) is 32.7 Å². The summed E-state index contributed by atoms with van der Waals surface area (Å²) in [6, 6.07) is 4.75. The first-order valence-corrected chi connectivity index (χ1v) is 8.84. The minimum absolute atomic E-state index is 0.162. The number of methoxy groups -OCH3 is 1. The molecule has 0 spiro atoms. The fourth-order valence-corrected chi connectivity index (χ4v) is 2.95. The first-order valence-electron chi connectivity index (χ1n) is 8.09. The lowest BCUT2D eigenvalue weighted by Gasteiger charge is -2.32. The molecule has 1 unspecified atom stereocenters. The van der Waals surface area contributed by atoms with E-state index in [-0.39, 0.29) is 12.1 Å². The van der Waals surface area contributed by atoms with Gasteiger partial charge < -0.3 is 19.7 Å². The maximum absolute atomic E-state index is 12.5. The highest BCUT2D eigenvalue weighted by molar-refractivity contribution is 6.42. The van der Waals surface area contributed by atoms with Crippen LogP contribution in [0.5, 0.6) is 11.8 Å². The van der Waals surface area contributed by atoms with E-state index in [1.165, 1.54) is 19.5 Å². The van der Waals surface area contributed by atoms with Gasteiger partial charge in [-0.05, 0) is 31.0 Å². The van der Waals surface area contributed by atoms with Gasteiger partial charge >= 0.3 is 6.03 Å². The van der Waals surface area contributed by atoms with Crippen molar-refractivity contribution in [2.45, 2.75) is 18.9 Å². The van der Waals surface area contributed by atoms with Gasteiger partial charge in [-0.1, -0.05) is 23.2 Å². The number of rotatable bonds is 4. The van der Waals surface area contributed by atoms with Gasteiger partial charge in [-0.3, -0.25) is 4.98 Å². The third-order valence-electron chi connectivity index (χ3n) is 3.92. The number of aromatic nitrogens is 2. The number of amides is 2. The SMILES string of the molecule is COc1cncc(OC2CCCN(C(=O)Nc3ccc(Cl)c(Cl)c3)C2)n1. The summed E-state index contributed by atoms with van der Waals surface area (Å²) in [7, 11) is 1.52. The zero-order chi connectivity index (χ0) is 18.5. The number of ether oxygens (including phenoxy) is 2. The van der Waals surface area contributed by atoms with Crippen LogP contribution in [0.4, 0.5) is 10.5 Å². The Morgan fingerprint density at radius 3 is 2.85 bits per heavy atom. The van der Waals surface area contributed by atoms with Crippen molar-refractivity contribution < 1.29 is 14.3 Å². The lowest BCUT2D eigenvalue weighted by atomic mass is 10.1. The number of hydrogen-bond acceptors (Lipinski definition) is 5. The molecule has 1 atom stereocenters. The maximum atomic E-state index is 12.5. The molecule has 1 N–H and O–H groups in total. The number of carbonyl (C=O) groups is 1. The second kappa shape index (κ2) is 8.42. The number of likely N-dealkylation sites (tertiary alicyclic amines) is 1. The van der Waals surface area contributed by atoms with Crippen LogP contribution in [0.2, 0.25) is 10.0 Å². The van der Waals surface area contributed by atoms with Crippen LogP contribution in [0.1, 0.15) is 12.8 Å². The van der Waals surface area contributed by atoms with Crippen molar-refractivity contribution in [3.8, 4) is 11.8 Å². The number of urea groups is 1. The monoisotopic (exact) mass is 396 g/mol. The van der Waals surface area contributed by atoms with E-state index in [1.807, 2.05) is 0 Å². The third kappa shape index (κ3) is 4.68. The molecule has 26 heavy (non-hydrogen) atoms.